The molecule has 3 nitrogen and oxygen atoms in total. The number of hydrogen-bond donors (Lipinski definition) is 2. The summed E-state index contributed by atoms with van der Waals surface area (Å²) in [5.41, 5.74) is -1.39. The van der Waals surface area contributed by atoms with Crippen LogP contribution in [0.2, 0.25) is 0 Å². The first-order valence-corrected chi connectivity index (χ1v) is 6.20. The molecule has 0 aromatic heterocycles. The fourth-order valence-corrected chi connectivity index (χ4v) is 2.16. The van der Waals surface area contributed by atoms with Crippen LogP contribution < -0.4 is 10.6 Å². The average molecular weight is 327 g/mol. The van der Waals surface area contributed by atoms with Gasteiger partial charge < -0.3 is 10.6 Å². The van der Waals surface area contributed by atoms with Crippen molar-refractivity contribution >= 4 is 18.3 Å². The highest BCUT2D eigenvalue weighted by molar-refractivity contribution is 5.95. The van der Waals surface area contributed by atoms with Gasteiger partial charge in [0.1, 0.15) is 6.17 Å². The quantitative estimate of drug-likeness (QED) is 0.838. The van der Waals surface area contributed by atoms with E-state index in [1.807, 2.05) is 0 Å². The molecule has 1 aromatic carbocycles. The number of hydrogen-bond acceptors (Lipinski definition) is 2. The summed E-state index contributed by atoms with van der Waals surface area (Å²) >= 11 is 0. The van der Waals surface area contributed by atoms with Gasteiger partial charge in [-0.2, -0.15) is 13.2 Å². The first-order chi connectivity index (χ1) is 9.38. The van der Waals surface area contributed by atoms with Crippen LogP contribution in [0.1, 0.15) is 22.3 Å². The highest BCUT2D eigenvalue weighted by atomic mass is 35.5. The zero-order chi connectivity index (χ0) is 14.8. The molecule has 0 saturated carbocycles. The molecule has 2 rings (SSSR count). The van der Waals surface area contributed by atoms with E-state index in [4.69, 9.17) is 0 Å². The summed E-state index contributed by atoms with van der Waals surface area (Å²) in [6.07, 6.45) is -5.30. The van der Waals surface area contributed by atoms with Crippen molar-refractivity contribution in [2.24, 2.45) is 0 Å². The molecule has 0 unspecified atom stereocenters. The number of carbonyl (C=O) groups is 1. The Kier molecular flexibility index (Phi) is 5.98. The summed E-state index contributed by atoms with van der Waals surface area (Å²) in [7, 11) is 0. The Morgan fingerprint density at radius 1 is 1.33 bits per heavy atom. The smallest absolute Gasteiger partial charge is 0.350 e. The van der Waals surface area contributed by atoms with Crippen LogP contribution in [-0.2, 0) is 6.18 Å². The third-order valence-electron chi connectivity index (χ3n) is 3.15. The van der Waals surface area contributed by atoms with E-state index in [0.717, 1.165) is 12.1 Å². The van der Waals surface area contributed by atoms with Gasteiger partial charge in [0.15, 0.2) is 0 Å². The van der Waals surface area contributed by atoms with Crippen LogP contribution in [0.5, 0.6) is 0 Å². The molecule has 0 aliphatic carbocycles. The monoisotopic (exact) mass is 326 g/mol. The van der Waals surface area contributed by atoms with Crippen molar-refractivity contribution in [1.29, 1.82) is 0 Å². The molecule has 118 valence electrons. The summed E-state index contributed by atoms with van der Waals surface area (Å²) in [4.78, 5) is 11.8. The standard InChI is InChI=1S/C13H14F4N2O.ClH/c14-8-5-9(18-6-8)7-19-12(20)10-3-1-2-4-11(10)13(15,16)17;/h1-4,8-9,18H,5-7H2,(H,19,20);1H/t8-,9-;/m0./s1. The molecule has 1 saturated heterocycles. The maximum absolute atomic E-state index is 12.9. The van der Waals surface area contributed by atoms with Gasteiger partial charge in [-0.3, -0.25) is 4.79 Å². The van der Waals surface area contributed by atoms with E-state index < -0.39 is 29.4 Å². The lowest BCUT2D eigenvalue weighted by molar-refractivity contribution is -0.137. The molecule has 1 aliphatic rings. The Balaban J connectivity index is 0.00000220. The van der Waals surface area contributed by atoms with Crippen molar-refractivity contribution in [3.05, 3.63) is 35.4 Å². The zero-order valence-corrected chi connectivity index (χ0v) is 11.7. The number of rotatable bonds is 3. The van der Waals surface area contributed by atoms with E-state index in [1.165, 1.54) is 12.1 Å². The van der Waals surface area contributed by atoms with Crippen LogP contribution in [0, 0.1) is 0 Å². The van der Waals surface area contributed by atoms with Crippen molar-refractivity contribution < 1.29 is 22.4 Å². The predicted molar refractivity (Wildman–Crippen MR) is 72.3 cm³/mol. The number of amides is 1. The van der Waals surface area contributed by atoms with Gasteiger partial charge in [0.25, 0.3) is 5.91 Å². The molecule has 0 bridgehead atoms. The van der Waals surface area contributed by atoms with Gasteiger partial charge in [-0.15, -0.1) is 12.4 Å². The highest BCUT2D eigenvalue weighted by Crippen LogP contribution is 2.31. The highest BCUT2D eigenvalue weighted by Gasteiger charge is 2.35. The van der Waals surface area contributed by atoms with Crippen molar-refractivity contribution in [3.8, 4) is 0 Å². The van der Waals surface area contributed by atoms with Gasteiger partial charge in [0.2, 0.25) is 0 Å². The third kappa shape index (κ3) is 4.57. The SMILES string of the molecule is Cl.O=C(NC[C@@H]1C[C@H](F)CN1)c1ccccc1C(F)(F)F. The predicted octanol–water partition coefficient (Wildman–Crippen LogP) is 2.56. The first-order valence-electron chi connectivity index (χ1n) is 6.20. The topological polar surface area (TPSA) is 41.1 Å². The molecule has 8 heteroatoms. The van der Waals surface area contributed by atoms with Crippen LogP contribution >= 0.6 is 12.4 Å². The summed E-state index contributed by atoms with van der Waals surface area (Å²) in [5, 5.41) is 5.25. The molecule has 2 N–H and O–H groups in total. The maximum Gasteiger partial charge on any atom is 0.417 e. The van der Waals surface area contributed by atoms with E-state index in [0.29, 0.717) is 0 Å². The fourth-order valence-electron chi connectivity index (χ4n) is 2.16. The first kappa shape index (κ1) is 17.7. The van der Waals surface area contributed by atoms with Crippen molar-refractivity contribution in [1.82, 2.24) is 10.6 Å². The maximum atomic E-state index is 12.9. The van der Waals surface area contributed by atoms with Gasteiger partial charge in [-0.1, -0.05) is 12.1 Å². The van der Waals surface area contributed by atoms with Crippen molar-refractivity contribution in [2.45, 2.75) is 24.8 Å². The van der Waals surface area contributed by atoms with Crippen molar-refractivity contribution in [3.63, 3.8) is 0 Å². The van der Waals surface area contributed by atoms with Crippen LogP contribution in [0.4, 0.5) is 17.6 Å². The third-order valence-corrected chi connectivity index (χ3v) is 3.15. The molecule has 1 aromatic rings. The molecular formula is C13H15ClF4N2O. The average Bonchev–Trinajstić information content (AvgIpc) is 2.81. The zero-order valence-electron chi connectivity index (χ0n) is 10.9. The Bertz CT molecular complexity index is 495. The van der Waals surface area contributed by atoms with E-state index in [1.54, 1.807) is 0 Å². The molecule has 2 atom stereocenters. The second kappa shape index (κ2) is 7.09. The lowest BCUT2D eigenvalue weighted by Crippen LogP contribution is -2.37. The number of benzene rings is 1. The van der Waals surface area contributed by atoms with E-state index >= 15 is 0 Å². The molecule has 21 heavy (non-hydrogen) atoms. The van der Waals surface area contributed by atoms with E-state index in [2.05, 4.69) is 10.6 Å². The van der Waals surface area contributed by atoms with Gasteiger partial charge in [-0.25, -0.2) is 4.39 Å². The Morgan fingerprint density at radius 3 is 2.57 bits per heavy atom. The summed E-state index contributed by atoms with van der Waals surface area (Å²) < 4.78 is 51.2. The molecular weight excluding hydrogens is 312 g/mol. The van der Waals surface area contributed by atoms with Gasteiger partial charge in [0, 0.05) is 19.1 Å². The lowest BCUT2D eigenvalue weighted by atomic mass is 10.1. The van der Waals surface area contributed by atoms with E-state index in [-0.39, 0.29) is 38.0 Å². The minimum absolute atomic E-state index is 0. The van der Waals surface area contributed by atoms with Crippen molar-refractivity contribution in [2.75, 3.05) is 13.1 Å². The summed E-state index contributed by atoms with van der Waals surface area (Å²) in [6.45, 7) is 0.311. The number of nitrogens with one attached hydrogen (secondary N) is 2. The van der Waals surface area contributed by atoms with Gasteiger partial charge in [0.05, 0.1) is 11.1 Å². The number of halogens is 5. The molecule has 0 spiro atoms. The lowest BCUT2D eigenvalue weighted by Gasteiger charge is -2.14. The Morgan fingerprint density at radius 2 is 2.00 bits per heavy atom. The van der Waals surface area contributed by atoms with E-state index in [9.17, 15) is 22.4 Å². The van der Waals surface area contributed by atoms with Crippen LogP contribution in [0.15, 0.2) is 24.3 Å². The summed E-state index contributed by atoms with van der Waals surface area (Å²) in [6, 6.07) is 4.34. The molecule has 1 fully saturated rings. The molecule has 1 amide bonds. The normalized spacial score (nSPS) is 21.7. The molecule has 1 aliphatic heterocycles. The second-order valence-corrected chi connectivity index (χ2v) is 4.69. The second-order valence-electron chi connectivity index (χ2n) is 4.69. The minimum atomic E-state index is -4.58. The number of carbonyl (C=O) groups excluding carboxylic acids is 1. The molecule has 0 radical (unpaired) electrons. The van der Waals surface area contributed by atoms with Crippen LogP contribution in [0.25, 0.3) is 0 Å². The number of alkyl halides is 4. The Labute approximate surface area is 125 Å². The van der Waals surface area contributed by atoms with Crippen LogP contribution in [0.3, 0.4) is 0 Å². The molecule has 1 heterocycles. The summed E-state index contributed by atoms with van der Waals surface area (Å²) in [5.74, 6) is -0.804. The minimum Gasteiger partial charge on any atom is -0.350 e. The van der Waals surface area contributed by atoms with Crippen LogP contribution in [-0.4, -0.2) is 31.2 Å². The van der Waals surface area contributed by atoms with Gasteiger partial charge in [-0.05, 0) is 18.6 Å². The Hall–Kier alpha value is -1.34. The van der Waals surface area contributed by atoms with Gasteiger partial charge >= 0.3 is 6.18 Å². The largest absolute Gasteiger partial charge is 0.417 e. The fraction of sp³-hybridized carbons (Fsp3) is 0.462.